The third-order valence-corrected chi connectivity index (χ3v) is 4.48. The van der Waals surface area contributed by atoms with Crippen LogP contribution in [0.4, 0.5) is 0 Å². The van der Waals surface area contributed by atoms with Crippen molar-refractivity contribution in [3.8, 4) is 11.4 Å². The minimum Gasteiger partial charge on any atom is -0.218 e. The lowest BCUT2D eigenvalue weighted by atomic mass is 10.2. The van der Waals surface area contributed by atoms with Crippen molar-refractivity contribution in [1.29, 1.82) is 0 Å². The smallest absolute Gasteiger partial charge is 0.218 e. The first-order valence-electron chi connectivity index (χ1n) is 6.72. The maximum atomic E-state index is 6.23. The predicted molar refractivity (Wildman–Crippen MR) is 90.5 cm³/mol. The molecule has 0 aliphatic carbocycles. The summed E-state index contributed by atoms with van der Waals surface area (Å²) in [7, 11) is 0. The number of halogens is 1. The number of para-hydroxylation sites is 1. The molecule has 0 saturated carbocycles. The molecular formula is C16H11ClN4S. The van der Waals surface area contributed by atoms with Crippen molar-refractivity contribution in [3.63, 3.8) is 0 Å². The first-order chi connectivity index (χ1) is 10.8. The zero-order chi connectivity index (χ0) is 15.1. The van der Waals surface area contributed by atoms with Crippen LogP contribution in [-0.4, -0.2) is 25.8 Å². The van der Waals surface area contributed by atoms with Gasteiger partial charge in [0.1, 0.15) is 0 Å². The number of rotatable bonds is 2. The molecule has 2 aromatic heterocycles. The third kappa shape index (κ3) is 2.14. The van der Waals surface area contributed by atoms with Crippen molar-refractivity contribution in [2.45, 2.75) is 4.90 Å². The average Bonchev–Trinajstić information content (AvgIpc) is 3.01. The molecule has 2 aromatic carbocycles. The number of fused-ring (bicyclic) bond motifs is 3. The van der Waals surface area contributed by atoms with Crippen molar-refractivity contribution in [3.05, 3.63) is 53.8 Å². The van der Waals surface area contributed by atoms with Crippen molar-refractivity contribution < 1.29 is 0 Å². The summed E-state index contributed by atoms with van der Waals surface area (Å²) in [6.07, 6.45) is 2.05. The molecule has 0 unspecified atom stereocenters. The van der Waals surface area contributed by atoms with Gasteiger partial charge in [0.05, 0.1) is 5.52 Å². The van der Waals surface area contributed by atoms with E-state index >= 15 is 0 Å². The molecular weight excluding hydrogens is 316 g/mol. The first-order valence-corrected chi connectivity index (χ1v) is 8.32. The molecule has 0 fully saturated rings. The first kappa shape index (κ1) is 13.5. The Bertz CT molecular complexity index is 979. The minimum atomic E-state index is 0.313. The van der Waals surface area contributed by atoms with Gasteiger partial charge in [0.2, 0.25) is 5.28 Å². The second-order valence-electron chi connectivity index (χ2n) is 4.80. The summed E-state index contributed by atoms with van der Waals surface area (Å²) >= 11 is 7.94. The van der Waals surface area contributed by atoms with Crippen LogP contribution in [-0.2, 0) is 0 Å². The van der Waals surface area contributed by atoms with Crippen LogP contribution in [0.3, 0.4) is 0 Å². The summed E-state index contributed by atoms with van der Waals surface area (Å²) in [5, 5.41) is 5.74. The molecule has 2 heterocycles. The molecule has 6 heteroatoms. The van der Waals surface area contributed by atoms with E-state index in [1.165, 1.54) is 4.90 Å². The molecule has 0 amide bonds. The molecule has 0 radical (unpaired) electrons. The van der Waals surface area contributed by atoms with E-state index in [9.17, 15) is 0 Å². The highest BCUT2D eigenvalue weighted by molar-refractivity contribution is 7.98. The SMILES string of the molecule is CSc1ccc(-c2nc3c4ccccc4nc(Cl)n3n2)cc1. The van der Waals surface area contributed by atoms with Gasteiger partial charge in [-0.1, -0.05) is 24.3 Å². The van der Waals surface area contributed by atoms with Gasteiger partial charge in [-0.05, 0) is 42.1 Å². The fraction of sp³-hybridized carbons (Fsp3) is 0.0625. The van der Waals surface area contributed by atoms with Crippen LogP contribution in [0.2, 0.25) is 5.28 Å². The quantitative estimate of drug-likeness (QED) is 0.406. The zero-order valence-corrected chi connectivity index (χ0v) is 13.3. The molecule has 4 rings (SSSR count). The molecule has 0 N–H and O–H groups in total. The molecule has 0 bridgehead atoms. The Morgan fingerprint density at radius 3 is 2.55 bits per heavy atom. The molecule has 108 valence electrons. The van der Waals surface area contributed by atoms with Crippen LogP contribution in [0.15, 0.2) is 53.4 Å². The number of nitrogens with zero attached hydrogens (tertiary/aromatic N) is 4. The van der Waals surface area contributed by atoms with Gasteiger partial charge in [-0.15, -0.1) is 16.9 Å². The van der Waals surface area contributed by atoms with Crippen LogP contribution in [0.25, 0.3) is 27.9 Å². The van der Waals surface area contributed by atoms with E-state index in [1.54, 1.807) is 16.3 Å². The van der Waals surface area contributed by atoms with Gasteiger partial charge >= 0.3 is 0 Å². The maximum Gasteiger partial charge on any atom is 0.226 e. The Balaban J connectivity index is 1.96. The van der Waals surface area contributed by atoms with Gasteiger partial charge in [0.15, 0.2) is 11.5 Å². The van der Waals surface area contributed by atoms with Crippen molar-refractivity contribution >= 4 is 39.9 Å². The molecule has 0 spiro atoms. The minimum absolute atomic E-state index is 0.313. The van der Waals surface area contributed by atoms with E-state index in [-0.39, 0.29) is 0 Å². The average molecular weight is 327 g/mol. The Labute approximate surface area is 136 Å². The maximum absolute atomic E-state index is 6.23. The summed E-state index contributed by atoms with van der Waals surface area (Å²) in [5.74, 6) is 0.646. The van der Waals surface area contributed by atoms with Crippen LogP contribution in [0.1, 0.15) is 0 Å². The lowest BCUT2D eigenvalue weighted by Crippen LogP contribution is -1.94. The number of hydrogen-bond acceptors (Lipinski definition) is 4. The lowest BCUT2D eigenvalue weighted by Gasteiger charge is -1.99. The molecule has 4 nitrogen and oxygen atoms in total. The highest BCUT2D eigenvalue weighted by Gasteiger charge is 2.13. The zero-order valence-electron chi connectivity index (χ0n) is 11.7. The fourth-order valence-corrected chi connectivity index (χ4v) is 3.00. The van der Waals surface area contributed by atoms with Crippen molar-refractivity contribution in [2.24, 2.45) is 0 Å². The predicted octanol–water partition coefficient (Wildman–Crippen LogP) is 4.32. The summed E-state index contributed by atoms with van der Waals surface area (Å²) in [6, 6.07) is 15.9. The largest absolute Gasteiger partial charge is 0.226 e. The second-order valence-corrected chi connectivity index (χ2v) is 6.02. The molecule has 0 aliphatic rings. The van der Waals surface area contributed by atoms with E-state index in [0.717, 1.165) is 22.1 Å². The topological polar surface area (TPSA) is 43.1 Å². The van der Waals surface area contributed by atoms with Gasteiger partial charge in [0, 0.05) is 15.8 Å². The van der Waals surface area contributed by atoms with E-state index in [1.807, 2.05) is 36.4 Å². The number of benzene rings is 2. The number of thioether (sulfide) groups is 1. The second kappa shape index (κ2) is 5.26. The highest BCUT2D eigenvalue weighted by Crippen LogP contribution is 2.25. The van der Waals surface area contributed by atoms with E-state index in [4.69, 9.17) is 11.6 Å². The van der Waals surface area contributed by atoms with Crippen molar-refractivity contribution in [1.82, 2.24) is 19.6 Å². The summed E-state index contributed by atoms with van der Waals surface area (Å²) in [5.41, 5.74) is 2.50. The Morgan fingerprint density at radius 2 is 1.77 bits per heavy atom. The van der Waals surface area contributed by atoms with E-state index in [2.05, 4.69) is 33.5 Å². The summed E-state index contributed by atoms with van der Waals surface area (Å²) in [6.45, 7) is 0. The Kier molecular flexibility index (Phi) is 3.24. The van der Waals surface area contributed by atoms with Crippen LogP contribution in [0.5, 0.6) is 0 Å². The summed E-state index contributed by atoms with van der Waals surface area (Å²) in [4.78, 5) is 10.2. The van der Waals surface area contributed by atoms with Gasteiger partial charge in [0.25, 0.3) is 0 Å². The molecule has 0 atom stereocenters. The fourth-order valence-electron chi connectivity index (χ4n) is 2.38. The molecule has 22 heavy (non-hydrogen) atoms. The molecule has 0 saturated heterocycles. The van der Waals surface area contributed by atoms with E-state index in [0.29, 0.717) is 11.1 Å². The monoisotopic (exact) mass is 326 g/mol. The highest BCUT2D eigenvalue weighted by atomic mass is 35.5. The standard InChI is InChI=1S/C16H11ClN4S/c1-22-11-8-6-10(7-9-11)14-19-15-12-4-2-3-5-13(12)18-16(17)21(15)20-14/h2-9H,1H3. The van der Waals surface area contributed by atoms with Crippen molar-refractivity contribution in [2.75, 3.05) is 6.26 Å². The van der Waals surface area contributed by atoms with Gasteiger partial charge < -0.3 is 0 Å². The third-order valence-electron chi connectivity index (χ3n) is 3.49. The van der Waals surface area contributed by atoms with Gasteiger partial charge in [-0.2, -0.15) is 4.52 Å². The number of hydrogen-bond donors (Lipinski definition) is 0. The Hall–Kier alpha value is -2.11. The van der Waals surface area contributed by atoms with Gasteiger partial charge in [-0.25, -0.2) is 9.97 Å². The number of aromatic nitrogens is 4. The lowest BCUT2D eigenvalue weighted by molar-refractivity contribution is 0.939. The van der Waals surface area contributed by atoms with E-state index < -0.39 is 0 Å². The molecule has 0 aliphatic heterocycles. The molecule has 4 aromatic rings. The Morgan fingerprint density at radius 1 is 1.00 bits per heavy atom. The van der Waals surface area contributed by atoms with Crippen LogP contribution < -0.4 is 0 Å². The van der Waals surface area contributed by atoms with Crippen LogP contribution >= 0.6 is 23.4 Å². The normalized spacial score (nSPS) is 11.4. The van der Waals surface area contributed by atoms with Gasteiger partial charge in [-0.3, -0.25) is 0 Å². The van der Waals surface area contributed by atoms with Crippen LogP contribution in [0, 0.1) is 0 Å². The summed E-state index contributed by atoms with van der Waals surface area (Å²) < 4.78 is 1.59.